The molecule has 2 unspecified atom stereocenters. The van der Waals surface area contributed by atoms with Crippen LogP contribution in [-0.4, -0.2) is 6.04 Å². The normalized spacial score (nSPS) is 60.0. The van der Waals surface area contributed by atoms with Gasteiger partial charge in [-0.05, 0) is 85.4 Å². The van der Waals surface area contributed by atoms with E-state index in [1.807, 2.05) is 0 Å². The Morgan fingerprint density at radius 1 is 0.857 bits per heavy atom. The first kappa shape index (κ1) is 14.5. The average molecular weight is 290 g/mol. The minimum Gasteiger partial charge on any atom is -0.327 e. The van der Waals surface area contributed by atoms with E-state index in [2.05, 4.69) is 20.8 Å². The molecule has 21 heavy (non-hydrogen) atoms. The fourth-order valence-electron chi connectivity index (χ4n) is 7.70. The second kappa shape index (κ2) is 4.73. The van der Waals surface area contributed by atoms with Crippen LogP contribution in [0.1, 0.15) is 78.6 Å². The third kappa shape index (κ3) is 1.85. The molecule has 0 aromatic heterocycles. The zero-order valence-corrected chi connectivity index (χ0v) is 14.4. The van der Waals surface area contributed by atoms with Gasteiger partial charge in [0.25, 0.3) is 0 Å². The molecule has 0 heterocycles. The van der Waals surface area contributed by atoms with Gasteiger partial charge in [-0.15, -0.1) is 0 Å². The second-order valence-electron chi connectivity index (χ2n) is 9.69. The molecule has 4 rings (SSSR count). The Balaban J connectivity index is 1.65. The maximum atomic E-state index is 6.65. The summed E-state index contributed by atoms with van der Waals surface area (Å²) in [5.74, 6) is 4.74. The molecule has 4 fully saturated rings. The average Bonchev–Trinajstić information content (AvgIpc) is 2.70. The molecule has 1 heteroatoms. The third-order valence-corrected chi connectivity index (χ3v) is 9.02. The summed E-state index contributed by atoms with van der Waals surface area (Å²) < 4.78 is 0. The lowest BCUT2D eigenvalue weighted by Crippen LogP contribution is -2.54. The second-order valence-corrected chi connectivity index (χ2v) is 9.69. The van der Waals surface area contributed by atoms with Gasteiger partial charge >= 0.3 is 0 Å². The van der Waals surface area contributed by atoms with Gasteiger partial charge < -0.3 is 5.73 Å². The van der Waals surface area contributed by atoms with Crippen LogP contribution in [-0.2, 0) is 0 Å². The van der Waals surface area contributed by atoms with E-state index in [0.29, 0.717) is 16.9 Å². The van der Waals surface area contributed by atoms with Crippen molar-refractivity contribution in [3.63, 3.8) is 0 Å². The van der Waals surface area contributed by atoms with E-state index in [1.165, 1.54) is 57.8 Å². The maximum absolute atomic E-state index is 6.65. The van der Waals surface area contributed by atoms with Gasteiger partial charge in [-0.2, -0.15) is 0 Å². The Hall–Kier alpha value is -0.0400. The van der Waals surface area contributed by atoms with Crippen LogP contribution in [0.5, 0.6) is 0 Å². The standard InChI is InChI=1S/C20H35N/c1-13-12-17-15-8-7-14-6-4-5-10-19(14,2)16(15)9-11-20(17,3)18(13)21/h13-18H,4-12,21H2,1-3H3/t13-,14?,15+,16-,17-,18?,19-,20-/m0/s1. The van der Waals surface area contributed by atoms with Crippen LogP contribution in [0.4, 0.5) is 0 Å². The first-order chi connectivity index (χ1) is 9.97. The molecule has 120 valence electrons. The summed E-state index contributed by atoms with van der Waals surface area (Å²) in [6.07, 6.45) is 13.4. The van der Waals surface area contributed by atoms with Crippen molar-refractivity contribution in [2.75, 3.05) is 0 Å². The van der Waals surface area contributed by atoms with Gasteiger partial charge in [-0.25, -0.2) is 0 Å². The highest BCUT2D eigenvalue weighted by atomic mass is 14.8. The lowest BCUT2D eigenvalue weighted by atomic mass is 9.45. The Bertz CT molecular complexity index is 418. The van der Waals surface area contributed by atoms with Gasteiger partial charge in [0.2, 0.25) is 0 Å². The molecule has 8 atom stereocenters. The maximum Gasteiger partial charge on any atom is 0.0122 e. The summed E-state index contributed by atoms with van der Waals surface area (Å²) >= 11 is 0. The molecule has 0 saturated heterocycles. The van der Waals surface area contributed by atoms with Crippen molar-refractivity contribution in [3.05, 3.63) is 0 Å². The molecular formula is C20H35N. The number of fused-ring (bicyclic) bond motifs is 5. The van der Waals surface area contributed by atoms with Gasteiger partial charge in [0.1, 0.15) is 0 Å². The van der Waals surface area contributed by atoms with Crippen LogP contribution in [0.3, 0.4) is 0 Å². The van der Waals surface area contributed by atoms with Crippen molar-refractivity contribution < 1.29 is 0 Å². The molecular weight excluding hydrogens is 254 g/mol. The van der Waals surface area contributed by atoms with Crippen molar-refractivity contribution >= 4 is 0 Å². The molecule has 0 aromatic carbocycles. The lowest BCUT2D eigenvalue weighted by molar-refractivity contribution is -0.105. The van der Waals surface area contributed by atoms with Crippen molar-refractivity contribution in [3.8, 4) is 0 Å². The smallest absolute Gasteiger partial charge is 0.0122 e. The summed E-state index contributed by atoms with van der Waals surface area (Å²) in [7, 11) is 0. The van der Waals surface area contributed by atoms with Crippen molar-refractivity contribution in [2.45, 2.75) is 84.6 Å². The lowest BCUT2D eigenvalue weighted by Gasteiger charge is -2.60. The van der Waals surface area contributed by atoms with Crippen molar-refractivity contribution in [1.82, 2.24) is 0 Å². The molecule has 0 radical (unpaired) electrons. The number of nitrogens with two attached hydrogens (primary N) is 1. The van der Waals surface area contributed by atoms with Gasteiger partial charge in [0.15, 0.2) is 0 Å². The Kier molecular flexibility index (Phi) is 3.27. The van der Waals surface area contributed by atoms with Gasteiger partial charge in [-0.1, -0.05) is 33.6 Å². The minimum atomic E-state index is 0.457. The van der Waals surface area contributed by atoms with E-state index in [1.54, 1.807) is 0 Å². The number of hydrogen-bond donors (Lipinski definition) is 1. The molecule has 4 aliphatic carbocycles. The highest BCUT2D eigenvalue weighted by Gasteiger charge is 2.60. The van der Waals surface area contributed by atoms with E-state index in [4.69, 9.17) is 5.73 Å². The summed E-state index contributed by atoms with van der Waals surface area (Å²) in [6, 6.07) is 0.459. The molecule has 4 aliphatic rings. The SMILES string of the molecule is C[C@H]1C[C@H]2[C@@H]3CCC4CCCC[C@]4(C)[C@H]3CC[C@]2(C)C1N. The van der Waals surface area contributed by atoms with E-state index in [0.717, 1.165) is 29.6 Å². The van der Waals surface area contributed by atoms with Gasteiger partial charge in [0, 0.05) is 6.04 Å². The molecule has 0 aliphatic heterocycles. The summed E-state index contributed by atoms with van der Waals surface area (Å²) in [5, 5.41) is 0. The monoisotopic (exact) mass is 289 g/mol. The summed E-state index contributed by atoms with van der Waals surface area (Å²) in [6.45, 7) is 7.63. The molecule has 2 N–H and O–H groups in total. The Morgan fingerprint density at radius 2 is 1.67 bits per heavy atom. The van der Waals surface area contributed by atoms with E-state index in [9.17, 15) is 0 Å². The summed E-state index contributed by atoms with van der Waals surface area (Å²) in [5.41, 5.74) is 7.79. The zero-order valence-electron chi connectivity index (χ0n) is 14.4. The van der Waals surface area contributed by atoms with Crippen LogP contribution in [0.25, 0.3) is 0 Å². The van der Waals surface area contributed by atoms with E-state index in [-0.39, 0.29) is 0 Å². The van der Waals surface area contributed by atoms with E-state index >= 15 is 0 Å². The fourth-order valence-corrected chi connectivity index (χ4v) is 7.70. The van der Waals surface area contributed by atoms with Crippen LogP contribution in [0, 0.1) is 40.4 Å². The number of rotatable bonds is 0. The van der Waals surface area contributed by atoms with Crippen LogP contribution in [0.15, 0.2) is 0 Å². The quantitative estimate of drug-likeness (QED) is 0.668. The fraction of sp³-hybridized carbons (Fsp3) is 1.00. The highest BCUT2D eigenvalue weighted by Crippen LogP contribution is 2.66. The molecule has 0 amide bonds. The highest BCUT2D eigenvalue weighted by molar-refractivity contribution is 5.11. The van der Waals surface area contributed by atoms with Crippen LogP contribution < -0.4 is 5.73 Å². The van der Waals surface area contributed by atoms with Crippen LogP contribution >= 0.6 is 0 Å². The van der Waals surface area contributed by atoms with Crippen molar-refractivity contribution in [2.24, 2.45) is 46.2 Å². The molecule has 0 spiro atoms. The topological polar surface area (TPSA) is 26.0 Å². The molecule has 0 aromatic rings. The predicted octanol–water partition coefficient (Wildman–Crippen LogP) is 4.99. The van der Waals surface area contributed by atoms with Gasteiger partial charge in [-0.3, -0.25) is 0 Å². The molecule has 1 nitrogen and oxygen atoms in total. The van der Waals surface area contributed by atoms with E-state index < -0.39 is 0 Å². The Labute approximate surface area is 131 Å². The molecule has 4 saturated carbocycles. The number of hydrogen-bond acceptors (Lipinski definition) is 1. The minimum absolute atomic E-state index is 0.457. The molecule has 0 bridgehead atoms. The van der Waals surface area contributed by atoms with Crippen LogP contribution in [0.2, 0.25) is 0 Å². The largest absolute Gasteiger partial charge is 0.327 e. The summed E-state index contributed by atoms with van der Waals surface area (Å²) in [4.78, 5) is 0. The third-order valence-electron chi connectivity index (χ3n) is 9.02. The van der Waals surface area contributed by atoms with Crippen molar-refractivity contribution in [1.29, 1.82) is 0 Å². The predicted molar refractivity (Wildman–Crippen MR) is 88.9 cm³/mol. The zero-order chi connectivity index (χ0) is 14.8. The Morgan fingerprint density at radius 3 is 2.48 bits per heavy atom. The first-order valence-corrected chi connectivity index (χ1v) is 9.72. The first-order valence-electron chi connectivity index (χ1n) is 9.72. The van der Waals surface area contributed by atoms with Gasteiger partial charge in [0.05, 0.1) is 0 Å².